The van der Waals surface area contributed by atoms with Gasteiger partial charge in [0, 0.05) is 13.2 Å². The molecule has 1 heterocycles. The van der Waals surface area contributed by atoms with Gasteiger partial charge in [-0.05, 0) is 25.8 Å². The number of ether oxygens (including phenoxy) is 1. The standard InChI is InChI=1S/C11H23NO/c1-2-3-4-5-9-13-11-7-6-8-12-10-11/h11-12H,2-10H2,1H3. The van der Waals surface area contributed by atoms with Crippen LogP contribution in [0.2, 0.25) is 0 Å². The highest BCUT2D eigenvalue weighted by Gasteiger charge is 2.12. The summed E-state index contributed by atoms with van der Waals surface area (Å²) in [6, 6.07) is 0. The van der Waals surface area contributed by atoms with Crippen LogP contribution < -0.4 is 5.32 Å². The third-order valence-corrected chi connectivity index (χ3v) is 2.60. The van der Waals surface area contributed by atoms with Crippen LogP contribution in [-0.4, -0.2) is 25.8 Å². The van der Waals surface area contributed by atoms with E-state index in [1.807, 2.05) is 0 Å². The van der Waals surface area contributed by atoms with E-state index in [2.05, 4.69) is 12.2 Å². The highest BCUT2D eigenvalue weighted by atomic mass is 16.5. The maximum atomic E-state index is 5.77. The average molecular weight is 185 g/mol. The highest BCUT2D eigenvalue weighted by molar-refractivity contribution is 4.68. The van der Waals surface area contributed by atoms with Crippen LogP contribution >= 0.6 is 0 Å². The predicted octanol–water partition coefficient (Wildman–Crippen LogP) is 2.34. The first kappa shape index (κ1) is 11.0. The molecule has 78 valence electrons. The monoisotopic (exact) mass is 185 g/mol. The van der Waals surface area contributed by atoms with Gasteiger partial charge in [0.25, 0.3) is 0 Å². The normalized spacial score (nSPS) is 23.3. The summed E-state index contributed by atoms with van der Waals surface area (Å²) in [5, 5.41) is 3.36. The van der Waals surface area contributed by atoms with Crippen LogP contribution in [0.1, 0.15) is 45.4 Å². The molecule has 0 spiro atoms. The van der Waals surface area contributed by atoms with Gasteiger partial charge in [0.1, 0.15) is 0 Å². The Balaban J connectivity index is 1.86. The molecule has 1 fully saturated rings. The van der Waals surface area contributed by atoms with Crippen molar-refractivity contribution < 1.29 is 4.74 Å². The summed E-state index contributed by atoms with van der Waals surface area (Å²) in [7, 11) is 0. The fourth-order valence-electron chi connectivity index (χ4n) is 1.74. The van der Waals surface area contributed by atoms with Gasteiger partial charge in [-0.2, -0.15) is 0 Å². The number of rotatable bonds is 6. The molecule has 2 heteroatoms. The molecule has 0 aliphatic carbocycles. The molecule has 1 saturated heterocycles. The first-order chi connectivity index (χ1) is 6.43. The van der Waals surface area contributed by atoms with E-state index in [0.29, 0.717) is 6.10 Å². The maximum absolute atomic E-state index is 5.77. The Bertz CT molecular complexity index is 111. The number of hydrogen-bond donors (Lipinski definition) is 1. The van der Waals surface area contributed by atoms with Gasteiger partial charge in [-0.25, -0.2) is 0 Å². The summed E-state index contributed by atoms with van der Waals surface area (Å²) in [5.41, 5.74) is 0. The lowest BCUT2D eigenvalue weighted by atomic mass is 10.1. The van der Waals surface area contributed by atoms with E-state index >= 15 is 0 Å². The first-order valence-electron chi connectivity index (χ1n) is 5.76. The molecule has 1 aliphatic rings. The van der Waals surface area contributed by atoms with Gasteiger partial charge in [-0.1, -0.05) is 26.2 Å². The molecular weight excluding hydrogens is 162 g/mol. The van der Waals surface area contributed by atoms with Crippen LogP contribution in [0.5, 0.6) is 0 Å². The minimum atomic E-state index is 0.496. The van der Waals surface area contributed by atoms with Gasteiger partial charge in [0.05, 0.1) is 6.10 Å². The molecule has 1 unspecified atom stereocenters. The van der Waals surface area contributed by atoms with Crippen LogP contribution in [0.4, 0.5) is 0 Å². The van der Waals surface area contributed by atoms with Crippen molar-refractivity contribution in [2.24, 2.45) is 0 Å². The van der Waals surface area contributed by atoms with E-state index in [1.165, 1.54) is 45.1 Å². The quantitative estimate of drug-likeness (QED) is 0.641. The zero-order valence-electron chi connectivity index (χ0n) is 8.85. The number of piperidine rings is 1. The maximum Gasteiger partial charge on any atom is 0.0699 e. The second kappa shape index (κ2) is 7.34. The fraction of sp³-hybridized carbons (Fsp3) is 1.00. The van der Waals surface area contributed by atoms with E-state index in [9.17, 15) is 0 Å². The summed E-state index contributed by atoms with van der Waals surface area (Å²) in [4.78, 5) is 0. The van der Waals surface area contributed by atoms with Crippen molar-refractivity contribution in [1.29, 1.82) is 0 Å². The summed E-state index contributed by atoms with van der Waals surface area (Å²) >= 11 is 0. The Morgan fingerprint density at radius 3 is 2.92 bits per heavy atom. The lowest BCUT2D eigenvalue weighted by molar-refractivity contribution is 0.0348. The fourth-order valence-corrected chi connectivity index (χ4v) is 1.74. The van der Waals surface area contributed by atoms with Crippen LogP contribution in [0, 0.1) is 0 Å². The predicted molar refractivity (Wildman–Crippen MR) is 56.0 cm³/mol. The van der Waals surface area contributed by atoms with Gasteiger partial charge in [-0.15, -0.1) is 0 Å². The highest BCUT2D eigenvalue weighted by Crippen LogP contribution is 2.07. The summed E-state index contributed by atoms with van der Waals surface area (Å²) in [5.74, 6) is 0. The summed E-state index contributed by atoms with van der Waals surface area (Å²) < 4.78 is 5.77. The van der Waals surface area contributed by atoms with Crippen molar-refractivity contribution in [3.8, 4) is 0 Å². The molecule has 13 heavy (non-hydrogen) atoms. The van der Waals surface area contributed by atoms with Crippen LogP contribution in [0.25, 0.3) is 0 Å². The SMILES string of the molecule is CCCCCCOC1CCCNC1. The van der Waals surface area contributed by atoms with E-state index in [1.54, 1.807) is 0 Å². The molecule has 0 radical (unpaired) electrons. The molecule has 0 aromatic carbocycles. The molecule has 0 aromatic heterocycles. The second-order valence-corrected chi connectivity index (χ2v) is 3.90. The van der Waals surface area contributed by atoms with Crippen LogP contribution in [-0.2, 0) is 4.74 Å². The Morgan fingerprint density at radius 2 is 2.23 bits per heavy atom. The number of hydrogen-bond acceptors (Lipinski definition) is 2. The smallest absolute Gasteiger partial charge is 0.0699 e. The zero-order valence-corrected chi connectivity index (χ0v) is 8.85. The van der Waals surface area contributed by atoms with Crippen LogP contribution in [0.3, 0.4) is 0 Å². The average Bonchev–Trinajstić information content (AvgIpc) is 2.19. The number of nitrogens with one attached hydrogen (secondary N) is 1. The topological polar surface area (TPSA) is 21.3 Å². The van der Waals surface area contributed by atoms with E-state index in [4.69, 9.17) is 4.74 Å². The van der Waals surface area contributed by atoms with Crippen molar-refractivity contribution in [2.45, 2.75) is 51.6 Å². The van der Waals surface area contributed by atoms with Crippen molar-refractivity contribution in [3.63, 3.8) is 0 Å². The Labute approximate surface area is 82.0 Å². The van der Waals surface area contributed by atoms with E-state index < -0.39 is 0 Å². The Hall–Kier alpha value is -0.0800. The molecule has 2 nitrogen and oxygen atoms in total. The molecule has 0 aromatic rings. The van der Waals surface area contributed by atoms with Crippen molar-refractivity contribution >= 4 is 0 Å². The van der Waals surface area contributed by atoms with Crippen molar-refractivity contribution in [2.75, 3.05) is 19.7 Å². The minimum Gasteiger partial charge on any atom is -0.377 e. The molecule has 0 saturated carbocycles. The second-order valence-electron chi connectivity index (χ2n) is 3.90. The third-order valence-electron chi connectivity index (χ3n) is 2.60. The number of unbranched alkanes of at least 4 members (excludes halogenated alkanes) is 3. The van der Waals surface area contributed by atoms with E-state index in [-0.39, 0.29) is 0 Å². The summed E-state index contributed by atoms with van der Waals surface area (Å²) in [6.45, 7) is 5.45. The molecule has 1 atom stereocenters. The third kappa shape index (κ3) is 5.27. The zero-order chi connectivity index (χ0) is 9.36. The minimum absolute atomic E-state index is 0.496. The van der Waals surface area contributed by atoms with Gasteiger partial charge in [0.15, 0.2) is 0 Å². The Morgan fingerprint density at radius 1 is 1.31 bits per heavy atom. The lowest BCUT2D eigenvalue weighted by Crippen LogP contribution is -2.35. The molecule has 1 rings (SSSR count). The largest absolute Gasteiger partial charge is 0.377 e. The van der Waals surface area contributed by atoms with Gasteiger partial charge >= 0.3 is 0 Å². The summed E-state index contributed by atoms with van der Waals surface area (Å²) in [6.07, 6.45) is 8.26. The van der Waals surface area contributed by atoms with Gasteiger partial charge in [-0.3, -0.25) is 0 Å². The molecule has 0 bridgehead atoms. The molecule has 0 amide bonds. The lowest BCUT2D eigenvalue weighted by Gasteiger charge is -2.22. The first-order valence-corrected chi connectivity index (χ1v) is 5.76. The molecule has 1 N–H and O–H groups in total. The van der Waals surface area contributed by atoms with Crippen molar-refractivity contribution in [1.82, 2.24) is 5.32 Å². The van der Waals surface area contributed by atoms with E-state index in [0.717, 1.165) is 13.2 Å². The van der Waals surface area contributed by atoms with Crippen molar-refractivity contribution in [3.05, 3.63) is 0 Å². The van der Waals surface area contributed by atoms with Gasteiger partial charge in [0.2, 0.25) is 0 Å². The Kier molecular flexibility index (Phi) is 6.21. The molecule has 1 aliphatic heterocycles. The van der Waals surface area contributed by atoms with Gasteiger partial charge < -0.3 is 10.1 Å². The van der Waals surface area contributed by atoms with Crippen LogP contribution in [0.15, 0.2) is 0 Å². The molecular formula is C11H23NO.